The first-order chi connectivity index (χ1) is 10.6. The van der Waals surface area contributed by atoms with Crippen molar-refractivity contribution in [1.82, 2.24) is 10.8 Å². The van der Waals surface area contributed by atoms with Gasteiger partial charge in [0.05, 0.1) is 11.4 Å². The highest BCUT2D eigenvalue weighted by Crippen LogP contribution is 1.98. The van der Waals surface area contributed by atoms with Crippen LogP contribution in [-0.2, 0) is 9.78 Å². The Labute approximate surface area is 133 Å². The van der Waals surface area contributed by atoms with E-state index in [9.17, 15) is 4.79 Å². The zero-order valence-electron chi connectivity index (χ0n) is 14.3. The highest BCUT2D eigenvalue weighted by atomic mass is 16.8. The van der Waals surface area contributed by atoms with Gasteiger partial charge in [-0.2, -0.15) is 0 Å². The van der Waals surface area contributed by atoms with Crippen LogP contribution in [0.25, 0.3) is 0 Å². The molecule has 0 aromatic carbocycles. The second kappa shape index (κ2) is 14.3. The third-order valence-electron chi connectivity index (χ3n) is 3.05. The molecule has 22 heavy (non-hydrogen) atoms. The highest BCUT2D eigenvalue weighted by Gasteiger charge is 2.00. The number of unbranched alkanes of at least 4 members (excludes halogenated alkanes) is 3. The van der Waals surface area contributed by atoms with Crippen LogP contribution in [0.4, 0.5) is 4.79 Å². The second-order valence-corrected chi connectivity index (χ2v) is 5.07. The Balaban J connectivity index is 3.35. The average molecular weight is 314 g/mol. The Kier molecular flexibility index (Phi) is 13.3. The summed E-state index contributed by atoms with van der Waals surface area (Å²) >= 11 is 0. The minimum atomic E-state index is -0.493. The molecular weight excluding hydrogens is 284 g/mol. The molecule has 0 unspecified atom stereocenters. The van der Waals surface area contributed by atoms with Crippen LogP contribution >= 0.6 is 0 Å². The van der Waals surface area contributed by atoms with E-state index in [1.54, 1.807) is 0 Å². The maximum atomic E-state index is 11.3. The van der Waals surface area contributed by atoms with Gasteiger partial charge in [-0.05, 0) is 39.5 Å². The van der Waals surface area contributed by atoms with Crippen molar-refractivity contribution in [3.8, 4) is 0 Å². The molecule has 0 heterocycles. The van der Waals surface area contributed by atoms with E-state index in [1.165, 1.54) is 0 Å². The van der Waals surface area contributed by atoms with Crippen molar-refractivity contribution in [2.24, 2.45) is 10.3 Å². The van der Waals surface area contributed by atoms with Crippen LogP contribution in [0.15, 0.2) is 10.3 Å². The Bertz CT molecular complexity index is 357. The summed E-state index contributed by atoms with van der Waals surface area (Å²) in [5.41, 5.74) is 4.56. The standard InChI is InChI=1S/C15H30N4O3/c1-5-13(3)18-21-15(20)16-11-9-7-8-10-12-17-22-19-14(4)6-2/h17H,5-12H2,1-4H3,(H,16,20)/b18-13+,19-14+. The zero-order chi connectivity index (χ0) is 16.6. The normalized spacial score (nSPS) is 12.2. The molecule has 1 amide bonds. The predicted molar refractivity (Wildman–Crippen MR) is 88.8 cm³/mol. The number of carbonyl (C=O) groups is 1. The van der Waals surface area contributed by atoms with Crippen LogP contribution in [0.5, 0.6) is 0 Å². The molecule has 0 aliphatic rings. The molecule has 2 N–H and O–H groups in total. The van der Waals surface area contributed by atoms with Gasteiger partial charge in [0.1, 0.15) is 0 Å². The number of hydrogen-bond donors (Lipinski definition) is 2. The van der Waals surface area contributed by atoms with Crippen molar-refractivity contribution in [2.45, 2.75) is 66.2 Å². The van der Waals surface area contributed by atoms with Gasteiger partial charge in [-0.1, -0.05) is 37.0 Å². The minimum absolute atomic E-state index is 0.493. The van der Waals surface area contributed by atoms with Crippen LogP contribution in [0, 0.1) is 0 Å². The Morgan fingerprint density at radius 2 is 1.50 bits per heavy atom. The average Bonchev–Trinajstić information content (AvgIpc) is 2.53. The Morgan fingerprint density at radius 1 is 0.909 bits per heavy atom. The molecule has 0 bridgehead atoms. The highest BCUT2D eigenvalue weighted by molar-refractivity contribution is 5.82. The zero-order valence-corrected chi connectivity index (χ0v) is 14.3. The van der Waals surface area contributed by atoms with Gasteiger partial charge in [0, 0.05) is 13.1 Å². The van der Waals surface area contributed by atoms with Crippen molar-refractivity contribution >= 4 is 17.5 Å². The molecule has 0 rings (SSSR count). The van der Waals surface area contributed by atoms with Gasteiger partial charge >= 0.3 is 6.09 Å². The first-order valence-corrected chi connectivity index (χ1v) is 8.00. The van der Waals surface area contributed by atoms with Crippen LogP contribution < -0.4 is 10.8 Å². The molecule has 128 valence electrons. The maximum Gasteiger partial charge on any atom is 0.433 e. The van der Waals surface area contributed by atoms with Crippen LogP contribution in [0.1, 0.15) is 66.2 Å². The molecule has 0 spiro atoms. The number of hydrogen-bond acceptors (Lipinski definition) is 6. The number of oxime groups is 2. The number of nitrogens with zero attached hydrogens (tertiary/aromatic N) is 2. The van der Waals surface area contributed by atoms with Gasteiger partial charge in [-0.3, -0.25) is 9.78 Å². The second-order valence-electron chi connectivity index (χ2n) is 5.07. The van der Waals surface area contributed by atoms with Crippen LogP contribution in [0.2, 0.25) is 0 Å². The van der Waals surface area contributed by atoms with Crippen molar-refractivity contribution in [2.75, 3.05) is 13.1 Å². The summed E-state index contributed by atoms with van der Waals surface area (Å²) in [6, 6.07) is 0. The number of rotatable bonds is 12. The molecule has 0 radical (unpaired) electrons. The van der Waals surface area contributed by atoms with Crippen molar-refractivity contribution in [3.05, 3.63) is 0 Å². The van der Waals surface area contributed by atoms with Crippen molar-refractivity contribution in [1.29, 1.82) is 0 Å². The van der Waals surface area contributed by atoms with Gasteiger partial charge in [0.25, 0.3) is 0 Å². The topological polar surface area (TPSA) is 84.3 Å². The van der Waals surface area contributed by atoms with E-state index < -0.39 is 6.09 Å². The van der Waals surface area contributed by atoms with Gasteiger partial charge in [-0.25, -0.2) is 4.79 Å². The molecule has 0 fully saturated rings. The fourth-order valence-corrected chi connectivity index (χ4v) is 1.30. The molecule has 7 heteroatoms. The lowest BCUT2D eigenvalue weighted by Crippen LogP contribution is -2.24. The van der Waals surface area contributed by atoms with E-state index in [-0.39, 0.29) is 0 Å². The van der Waals surface area contributed by atoms with Gasteiger partial charge in [0.15, 0.2) is 0 Å². The summed E-state index contributed by atoms with van der Waals surface area (Å²) in [7, 11) is 0. The number of nitrogens with one attached hydrogen (secondary N) is 2. The first-order valence-electron chi connectivity index (χ1n) is 8.00. The van der Waals surface area contributed by atoms with Crippen LogP contribution in [0.3, 0.4) is 0 Å². The molecule has 0 aromatic rings. The molecular formula is C15H30N4O3. The summed E-state index contributed by atoms with van der Waals surface area (Å²) in [5, 5.41) is 10.2. The molecule has 0 aromatic heterocycles. The maximum absolute atomic E-state index is 11.3. The van der Waals surface area contributed by atoms with E-state index in [1.807, 2.05) is 27.7 Å². The lowest BCUT2D eigenvalue weighted by atomic mass is 10.2. The molecule has 7 nitrogen and oxygen atoms in total. The third kappa shape index (κ3) is 13.4. The summed E-state index contributed by atoms with van der Waals surface area (Å²) in [6.45, 7) is 9.10. The van der Waals surface area contributed by atoms with Crippen LogP contribution in [-0.4, -0.2) is 30.6 Å². The van der Waals surface area contributed by atoms with Crippen molar-refractivity contribution in [3.63, 3.8) is 0 Å². The first kappa shape index (κ1) is 20.4. The quantitative estimate of drug-likeness (QED) is 0.250. The monoisotopic (exact) mass is 314 g/mol. The summed E-state index contributed by atoms with van der Waals surface area (Å²) in [5.74, 6) is 0. The van der Waals surface area contributed by atoms with Crippen molar-refractivity contribution < 1.29 is 14.6 Å². The molecule has 0 saturated carbocycles. The summed E-state index contributed by atoms with van der Waals surface area (Å²) in [6.07, 6.45) is 5.19. The van der Waals surface area contributed by atoms with Gasteiger partial charge in [0.2, 0.25) is 0 Å². The smallest absolute Gasteiger partial charge is 0.320 e. The van der Waals surface area contributed by atoms with Gasteiger partial charge < -0.3 is 5.32 Å². The minimum Gasteiger partial charge on any atom is -0.320 e. The predicted octanol–water partition coefficient (Wildman–Crippen LogP) is 3.37. The molecule has 0 aliphatic carbocycles. The Morgan fingerprint density at radius 3 is 2.14 bits per heavy atom. The summed E-state index contributed by atoms with van der Waals surface area (Å²) < 4.78 is 0. The molecule has 0 atom stereocenters. The van der Waals surface area contributed by atoms with E-state index in [2.05, 4.69) is 21.1 Å². The lowest BCUT2D eigenvalue weighted by molar-refractivity contribution is 0.0453. The number of carbonyl (C=O) groups excluding carboxylic acids is 1. The van der Waals surface area contributed by atoms with Gasteiger partial charge in [-0.15, -0.1) is 5.48 Å². The Hall–Kier alpha value is -1.63. The lowest BCUT2D eigenvalue weighted by Gasteiger charge is -2.04. The third-order valence-corrected chi connectivity index (χ3v) is 3.05. The van der Waals surface area contributed by atoms with E-state index in [4.69, 9.17) is 9.78 Å². The fraction of sp³-hybridized carbons (Fsp3) is 0.800. The fourth-order valence-electron chi connectivity index (χ4n) is 1.30. The number of hydroxylamine groups is 1. The SMILES string of the molecule is CC/C(C)=N/ONCCCCCCNC(=O)O/N=C(\C)CC. The molecule has 0 aliphatic heterocycles. The largest absolute Gasteiger partial charge is 0.433 e. The molecule has 0 saturated heterocycles. The number of amides is 1. The van der Waals surface area contributed by atoms with E-state index >= 15 is 0 Å². The van der Waals surface area contributed by atoms with E-state index in [0.717, 1.165) is 56.5 Å². The van der Waals surface area contributed by atoms with E-state index in [0.29, 0.717) is 6.54 Å². The summed E-state index contributed by atoms with van der Waals surface area (Å²) in [4.78, 5) is 20.9.